The number of rotatable bonds is 2. The van der Waals surface area contributed by atoms with Gasteiger partial charge in [-0.25, -0.2) is 0 Å². The molecule has 2 unspecified atom stereocenters. The lowest BCUT2D eigenvalue weighted by atomic mass is 10.0. The molecule has 0 saturated carbocycles. The number of amides is 1. The van der Waals surface area contributed by atoms with Crippen molar-refractivity contribution in [3.63, 3.8) is 0 Å². The SMILES string of the molecule is C=CC(=O)N1CCOCC(C(C)N)C1. The Balaban J connectivity index is 2.59. The molecule has 1 fully saturated rings. The van der Waals surface area contributed by atoms with Crippen LogP contribution in [0.1, 0.15) is 6.92 Å². The van der Waals surface area contributed by atoms with Crippen LogP contribution in [0.4, 0.5) is 0 Å². The minimum Gasteiger partial charge on any atom is -0.379 e. The number of hydrogen-bond acceptors (Lipinski definition) is 3. The fraction of sp³-hybridized carbons (Fsp3) is 0.700. The Morgan fingerprint density at radius 2 is 2.50 bits per heavy atom. The summed E-state index contributed by atoms with van der Waals surface area (Å²) in [5, 5.41) is 0. The summed E-state index contributed by atoms with van der Waals surface area (Å²) in [5.74, 6) is 0.183. The van der Waals surface area contributed by atoms with Gasteiger partial charge < -0.3 is 15.4 Å². The number of carbonyl (C=O) groups excluding carboxylic acids is 1. The molecule has 0 radical (unpaired) electrons. The number of nitrogens with zero attached hydrogens (tertiary/aromatic N) is 1. The maximum atomic E-state index is 11.4. The van der Waals surface area contributed by atoms with E-state index >= 15 is 0 Å². The van der Waals surface area contributed by atoms with Crippen LogP contribution in [-0.2, 0) is 9.53 Å². The summed E-state index contributed by atoms with van der Waals surface area (Å²) in [6.07, 6.45) is 1.34. The van der Waals surface area contributed by atoms with E-state index in [1.165, 1.54) is 6.08 Å². The van der Waals surface area contributed by atoms with Gasteiger partial charge in [0, 0.05) is 25.0 Å². The van der Waals surface area contributed by atoms with Crippen molar-refractivity contribution in [3.8, 4) is 0 Å². The van der Waals surface area contributed by atoms with Gasteiger partial charge in [-0.3, -0.25) is 4.79 Å². The second kappa shape index (κ2) is 5.12. The molecule has 0 aromatic rings. The topological polar surface area (TPSA) is 55.6 Å². The Morgan fingerprint density at radius 1 is 1.79 bits per heavy atom. The van der Waals surface area contributed by atoms with E-state index in [0.29, 0.717) is 26.3 Å². The van der Waals surface area contributed by atoms with Crippen LogP contribution in [0.2, 0.25) is 0 Å². The molecule has 1 amide bonds. The number of nitrogens with two attached hydrogens (primary N) is 1. The van der Waals surface area contributed by atoms with Crippen LogP contribution < -0.4 is 5.73 Å². The zero-order valence-corrected chi connectivity index (χ0v) is 8.61. The van der Waals surface area contributed by atoms with Gasteiger partial charge in [-0.1, -0.05) is 6.58 Å². The van der Waals surface area contributed by atoms with E-state index < -0.39 is 0 Å². The Labute approximate surface area is 84.7 Å². The average Bonchev–Trinajstić information content (AvgIpc) is 2.41. The highest BCUT2D eigenvalue weighted by molar-refractivity contribution is 5.87. The molecule has 2 atom stereocenters. The first-order chi connectivity index (χ1) is 6.65. The van der Waals surface area contributed by atoms with Crippen molar-refractivity contribution in [3.05, 3.63) is 12.7 Å². The van der Waals surface area contributed by atoms with Gasteiger partial charge in [0.05, 0.1) is 13.2 Å². The molecule has 0 bridgehead atoms. The van der Waals surface area contributed by atoms with Gasteiger partial charge in [-0.05, 0) is 13.0 Å². The molecule has 4 heteroatoms. The third kappa shape index (κ3) is 2.82. The van der Waals surface area contributed by atoms with Crippen molar-refractivity contribution < 1.29 is 9.53 Å². The molecule has 0 aromatic carbocycles. The third-order valence-corrected chi connectivity index (χ3v) is 2.52. The first kappa shape index (κ1) is 11.2. The second-order valence-corrected chi connectivity index (χ2v) is 3.68. The Morgan fingerprint density at radius 3 is 3.07 bits per heavy atom. The van der Waals surface area contributed by atoms with Crippen LogP contribution >= 0.6 is 0 Å². The lowest BCUT2D eigenvalue weighted by Gasteiger charge is -2.24. The molecule has 1 rings (SSSR count). The van der Waals surface area contributed by atoms with Crippen molar-refractivity contribution in [2.75, 3.05) is 26.3 Å². The maximum Gasteiger partial charge on any atom is 0.246 e. The van der Waals surface area contributed by atoms with Gasteiger partial charge in [0.1, 0.15) is 0 Å². The summed E-state index contributed by atoms with van der Waals surface area (Å²) in [4.78, 5) is 13.1. The van der Waals surface area contributed by atoms with E-state index in [1.54, 1.807) is 4.90 Å². The average molecular weight is 198 g/mol. The van der Waals surface area contributed by atoms with Gasteiger partial charge in [-0.15, -0.1) is 0 Å². The molecule has 4 nitrogen and oxygen atoms in total. The first-order valence-corrected chi connectivity index (χ1v) is 4.89. The summed E-state index contributed by atoms with van der Waals surface area (Å²) in [6.45, 7) is 7.94. The van der Waals surface area contributed by atoms with E-state index in [2.05, 4.69) is 6.58 Å². The number of carbonyl (C=O) groups is 1. The fourth-order valence-corrected chi connectivity index (χ4v) is 1.48. The van der Waals surface area contributed by atoms with Crippen molar-refractivity contribution in [1.29, 1.82) is 0 Å². The number of hydrogen-bond donors (Lipinski definition) is 1. The van der Waals surface area contributed by atoms with Crippen LogP contribution in [0.3, 0.4) is 0 Å². The van der Waals surface area contributed by atoms with Crippen LogP contribution in [0.25, 0.3) is 0 Å². The summed E-state index contributed by atoms with van der Waals surface area (Å²) >= 11 is 0. The summed E-state index contributed by atoms with van der Waals surface area (Å²) in [5.41, 5.74) is 5.80. The zero-order valence-electron chi connectivity index (χ0n) is 8.61. The van der Waals surface area contributed by atoms with Gasteiger partial charge >= 0.3 is 0 Å². The van der Waals surface area contributed by atoms with E-state index in [0.717, 1.165) is 0 Å². The molecule has 1 heterocycles. The molecule has 0 aliphatic carbocycles. The van der Waals surface area contributed by atoms with Crippen LogP contribution in [0.15, 0.2) is 12.7 Å². The minimum atomic E-state index is -0.0406. The van der Waals surface area contributed by atoms with Crippen molar-refractivity contribution in [1.82, 2.24) is 4.90 Å². The smallest absolute Gasteiger partial charge is 0.246 e. The zero-order chi connectivity index (χ0) is 10.6. The molecule has 0 spiro atoms. The van der Waals surface area contributed by atoms with Gasteiger partial charge in [0.15, 0.2) is 0 Å². The van der Waals surface area contributed by atoms with Crippen LogP contribution in [0, 0.1) is 5.92 Å². The normalized spacial score (nSPS) is 25.3. The summed E-state index contributed by atoms with van der Waals surface area (Å²) in [7, 11) is 0. The largest absolute Gasteiger partial charge is 0.379 e. The molecule has 1 saturated heterocycles. The molecule has 80 valence electrons. The lowest BCUT2D eigenvalue weighted by Crippen LogP contribution is -2.40. The summed E-state index contributed by atoms with van der Waals surface area (Å²) < 4.78 is 5.39. The molecule has 1 aliphatic rings. The van der Waals surface area contributed by atoms with E-state index in [1.807, 2.05) is 6.92 Å². The van der Waals surface area contributed by atoms with Gasteiger partial charge in [0.2, 0.25) is 5.91 Å². The van der Waals surface area contributed by atoms with E-state index in [-0.39, 0.29) is 17.9 Å². The highest BCUT2D eigenvalue weighted by atomic mass is 16.5. The van der Waals surface area contributed by atoms with E-state index in [4.69, 9.17) is 10.5 Å². The molecule has 1 aliphatic heterocycles. The molecule has 0 aromatic heterocycles. The maximum absolute atomic E-state index is 11.4. The number of ether oxygens (including phenoxy) is 1. The fourth-order valence-electron chi connectivity index (χ4n) is 1.48. The van der Waals surface area contributed by atoms with Gasteiger partial charge in [0.25, 0.3) is 0 Å². The molecular weight excluding hydrogens is 180 g/mol. The van der Waals surface area contributed by atoms with Crippen molar-refractivity contribution in [2.45, 2.75) is 13.0 Å². The van der Waals surface area contributed by atoms with Crippen molar-refractivity contribution in [2.24, 2.45) is 11.7 Å². The second-order valence-electron chi connectivity index (χ2n) is 3.68. The highest BCUT2D eigenvalue weighted by Crippen LogP contribution is 2.10. The highest BCUT2D eigenvalue weighted by Gasteiger charge is 2.23. The Kier molecular flexibility index (Phi) is 4.10. The lowest BCUT2D eigenvalue weighted by molar-refractivity contribution is -0.126. The third-order valence-electron chi connectivity index (χ3n) is 2.52. The van der Waals surface area contributed by atoms with Crippen LogP contribution in [0.5, 0.6) is 0 Å². The Hall–Kier alpha value is -0.870. The monoisotopic (exact) mass is 198 g/mol. The molecule has 14 heavy (non-hydrogen) atoms. The molecule has 2 N–H and O–H groups in total. The first-order valence-electron chi connectivity index (χ1n) is 4.89. The quantitative estimate of drug-likeness (QED) is 0.635. The standard InChI is InChI=1S/C10H18N2O2/c1-3-10(13)12-4-5-14-7-9(6-12)8(2)11/h3,8-9H,1,4-7,11H2,2H3. The molecular formula is C10H18N2O2. The van der Waals surface area contributed by atoms with Crippen LogP contribution in [-0.4, -0.2) is 43.2 Å². The Bertz CT molecular complexity index is 216. The minimum absolute atomic E-state index is 0.0406. The predicted molar refractivity (Wildman–Crippen MR) is 54.7 cm³/mol. The predicted octanol–water partition coefficient (Wildman–Crippen LogP) is -0.00540. The van der Waals surface area contributed by atoms with E-state index in [9.17, 15) is 4.79 Å². The summed E-state index contributed by atoms with van der Waals surface area (Å²) in [6, 6.07) is 0.0493. The van der Waals surface area contributed by atoms with Crippen molar-refractivity contribution >= 4 is 5.91 Å². The van der Waals surface area contributed by atoms with Gasteiger partial charge in [-0.2, -0.15) is 0 Å².